The maximum atomic E-state index is 4.55. The van der Waals surface area contributed by atoms with Crippen molar-refractivity contribution in [1.82, 2.24) is 4.90 Å². The van der Waals surface area contributed by atoms with Crippen LogP contribution in [0.25, 0.3) is 0 Å². The zero-order valence-electron chi connectivity index (χ0n) is 14.7. The Labute approximate surface area is 147 Å². The number of rotatable bonds is 7. The summed E-state index contributed by atoms with van der Waals surface area (Å²) in [6.07, 6.45) is 8.28. The van der Waals surface area contributed by atoms with Crippen LogP contribution >= 0.6 is 0 Å². The summed E-state index contributed by atoms with van der Waals surface area (Å²) in [4.78, 5) is 2.55. The van der Waals surface area contributed by atoms with E-state index in [1.807, 2.05) is 0 Å². The van der Waals surface area contributed by atoms with Crippen LogP contribution < -0.4 is 0 Å². The third-order valence-electron chi connectivity index (χ3n) is 5.30. The van der Waals surface area contributed by atoms with E-state index in [0.717, 1.165) is 19.0 Å². The Morgan fingerprint density at radius 3 is 1.79 bits per heavy atom. The number of hydrogen-bond donors (Lipinski definition) is 0. The summed E-state index contributed by atoms with van der Waals surface area (Å²) in [6, 6.07) is 22.0. The van der Waals surface area contributed by atoms with Gasteiger partial charge in [0, 0.05) is 19.1 Å². The van der Waals surface area contributed by atoms with Crippen LogP contribution in [-0.4, -0.2) is 10.9 Å². The highest BCUT2D eigenvalue weighted by atomic mass is 15.1. The fourth-order valence-electron chi connectivity index (χ4n) is 3.91. The highest BCUT2D eigenvalue weighted by Crippen LogP contribution is 2.29. The molecule has 0 aliphatic heterocycles. The molecular weight excluding hydrogens is 290 g/mol. The molecule has 1 fully saturated rings. The van der Waals surface area contributed by atoms with Crippen LogP contribution in [0.4, 0.5) is 0 Å². The largest absolute Gasteiger partial charge is 0.292 e. The monoisotopic (exact) mass is 320 g/mol. The topological polar surface area (TPSA) is 3.24 Å². The van der Waals surface area contributed by atoms with E-state index in [4.69, 9.17) is 0 Å². The van der Waals surface area contributed by atoms with Gasteiger partial charge in [-0.15, -0.1) is 0 Å². The van der Waals surface area contributed by atoms with Crippen molar-refractivity contribution in [2.75, 3.05) is 0 Å². The molecule has 0 heterocycles. The Morgan fingerprint density at radius 2 is 1.29 bits per heavy atom. The number of hydrogen-bond acceptors (Lipinski definition) is 1. The van der Waals surface area contributed by atoms with Gasteiger partial charge in [0.2, 0.25) is 0 Å². The average Bonchev–Trinajstić information content (AvgIpc) is 2.64. The van der Waals surface area contributed by atoms with Crippen molar-refractivity contribution in [3.8, 4) is 0 Å². The minimum Gasteiger partial charge on any atom is -0.292 e. The second kappa shape index (κ2) is 9.03. The van der Waals surface area contributed by atoms with Crippen LogP contribution in [0.3, 0.4) is 0 Å². The van der Waals surface area contributed by atoms with Crippen molar-refractivity contribution in [2.24, 2.45) is 5.92 Å². The highest BCUT2D eigenvalue weighted by molar-refractivity contribution is 5.17. The molecule has 0 spiro atoms. The van der Waals surface area contributed by atoms with Gasteiger partial charge >= 0.3 is 0 Å². The normalized spacial score (nSPS) is 17.1. The lowest BCUT2D eigenvalue weighted by Gasteiger charge is -2.33. The second-order valence-electron chi connectivity index (χ2n) is 7.27. The third kappa shape index (κ3) is 5.21. The molecule has 1 saturated carbocycles. The van der Waals surface area contributed by atoms with Crippen molar-refractivity contribution in [2.45, 2.75) is 57.7 Å². The lowest BCUT2D eigenvalue weighted by Crippen LogP contribution is -2.34. The van der Waals surface area contributed by atoms with Gasteiger partial charge < -0.3 is 0 Å². The van der Waals surface area contributed by atoms with Crippen LogP contribution in [-0.2, 0) is 13.1 Å². The van der Waals surface area contributed by atoms with Gasteiger partial charge in [0.05, 0.1) is 0 Å². The van der Waals surface area contributed by atoms with Gasteiger partial charge in [-0.05, 0) is 30.4 Å². The first-order valence-electron chi connectivity index (χ1n) is 9.46. The fraction of sp³-hybridized carbons (Fsp3) is 0.435. The zero-order chi connectivity index (χ0) is 16.6. The molecule has 1 unspecified atom stereocenters. The molecule has 1 aliphatic carbocycles. The molecule has 2 aromatic rings. The van der Waals surface area contributed by atoms with Gasteiger partial charge in [-0.2, -0.15) is 0 Å². The molecule has 0 amide bonds. The molecule has 0 aromatic heterocycles. The Hall–Kier alpha value is -1.60. The molecule has 2 aromatic carbocycles. The summed E-state index contributed by atoms with van der Waals surface area (Å²) >= 11 is 0. The van der Waals surface area contributed by atoms with Gasteiger partial charge in [0.1, 0.15) is 0 Å². The smallest absolute Gasteiger partial charge is 0.0240 e. The summed E-state index contributed by atoms with van der Waals surface area (Å²) in [5.74, 6) is 0.871. The zero-order valence-corrected chi connectivity index (χ0v) is 14.7. The van der Waals surface area contributed by atoms with E-state index in [9.17, 15) is 0 Å². The maximum Gasteiger partial charge on any atom is 0.0240 e. The van der Waals surface area contributed by atoms with Crippen molar-refractivity contribution in [3.05, 3.63) is 78.7 Å². The van der Waals surface area contributed by atoms with E-state index in [-0.39, 0.29) is 0 Å². The van der Waals surface area contributed by atoms with Gasteiger partial charge in [-0.1, -0.05) is 92.8 Å². The van der Waals surface area contributed by atoms with Crippen LogP contribution in [0.1, 0.15) is 49.7 Å². The molecule has 1 heteroatoms. The average molecular weight is 320 g/mol. The Morgan fingerprint density at radius 1 is 0.792 bits per heavy atom. The van der Waals surface area contributed by atoms with Gasteiger partial charge in [0.25, 0.3) is 0 Å². The summed E-state index contributed by atoms with van der Waals surface area (Å²) in [5.41, 5.74) is 2.76. The van der Waals surface area contributed by atoms with Crippen LogP contribution in [0.15, 0.2) is 60.7 Å². The van der Waals surface area contributed by atoms with E-state index < -0.39 is 0 Å². The van der Waals surface area contributed by atoms with Crippen LogP contribution in [0.5, 0.6) is 0 Å². The highest BCUT2D eigenvalue weighted by Gasteiger charge is 2.21. The van der Waals surface area contributed by atoms with Crippen LogP contribution in [0, 0.1) is 12.8 Å². The predicted molar refractivity (Wildman–Crippen MR) is 102 cm³/mol. The van der Waals surface area contributed by atoms with E-state index in [1.165, 1.54) is 49.7 Å². The SMILES string of the molecule is [CH2]C(CC1CCCCC1)N(Cc1ccccc1)Cc1ccccc1. The molecule has 1 radical (unpaired) electrons. The second-order valence-corrected chi connectivity index (χ2v) is 7.27. The standard InChI is InChI=1S/C23H30N/c1-20(17-21-11-5-2-6-12-21)24(18-22-13-7-3-8-14-22)19-23-15-9-4-10-16-23/h3-4,7-10,13-16,20-21H,1-2,5-6,11-12,17-19H2. The first kappa shape index (κ1) is 17.2. The van der Waals surface area contributed by atoms with Crippen molar-refractivity contribution in [3.63, 3.8) is 0 Å². The molecule has 0 N–H and O–H groups in total. The van der Waals surface area contributed by atoms with E-state index in [2.05, 4.69) is 72.5 Å². The Bertz CT molecular complexity index is 530. The van der Waals surface area contributed by atoms with Crippen molar-refractivity contribution >= 4 is 0 Å². The molecule has 3 rings (SSSR count). The first-order valence-corrected chi connectivity index (χ1v) is 9.46. The molecule has 1 atom stereocenters. The fourth-order valence-corrected chi connectivity index (χ4v) is 3.91. The molecule has 24 heavy (non-hydrogen) atoms. The van der Waals surface area contributed by atoms with Crippen LogP contribution in [0.2, 0.25) is 0 Å². The maximum absolute atomic E-state index is 4.55. The summed E-state index contributed by atoms with van der Waals surface area (Å²) < 4.78 is 0. The van der Waals surface area contributed by atoms with E-state index in [0.29, 0.717) is 6.04 Å². The molecule has 0 bridgehead atoms. The van der Waals surface area contributed by atoms with E-state index in [1.54, 1.807) is 0 Å². The lowest BCUT2D eigenvalue weighted by molar-refractivity contribution is 0.169. The molecular formula is C23H30N. The van der Waals surface area contributed by atoms with Gasteiger partial charge in [-0.25, -0.2) is 0 Å². The molecule has 127 valence electrons. The number of nitrogens with zero attached hydrogens (tertiary/aromatic N) is 1. The Balaban J connectivity index is 1.67. The first-order chi connectivity index (χ1) is 11.8. The Kier molecular flexibility index (Phi) is 6.48. The molecule has 0 saturated heterocycles. The van der Waals surface area contributed by atoms with Crippen molar-refractivity contribution < 1.29 is 0 Å². The van der Waals surface area contributed by atoms with Gasteiger partial charge in [-0.3, -0.25) is 4.90 Å². The summed E-state index contributed by atoms with van der Waals surface area (Å²) in [6.45, 7) is 6.52. The van der Waals surface area contributed by atoms with Gasteiger partial charge in [0.15, 0.2) is 0 Å². The molecule has 1 nitrogen and oxygen atoms in total. The predicted octanol–water partition coefficient (Wildman–Crippen LogP) is 5.86. The molecule has 1 aliphatic rings. The van der Waals surface area contributed by atoms with E-state index >= 15 is 0 Å². The minimum atomic E-state index is 0.383. The lowest BCUT2D eigenvalue weighted by atomic mass is 9.84. The van der Waals surface area contributed by atoms with Crippen molar-refractivity contribution in [1.29, 1.82) is 0 Å². The quantitative estimate of drug-likeness (QED) is 0.617. The number of benzene rings is 2. The third-order valence-corrected chi connectivity index (χ3v) is 5.30. The minimum absolute atomic E-state index is 0.383. The summed E-state index contributed by atoms with van der Waals surface area (Å²) in [7, 11) is 0. The summed E-state index contributed by atoms with van der Waals surface area (Å²) in [5, 5.41) is 0.